The minimum Gasteiger partial charge on any atom is -0.341 e. The molecule has 7 nitrogen and oxygen atoms in total. The van der Waals surface area contributed by atoms with Crippen molar-refractivity contribution in [2.24, 2.45) is 5.16 Å². The van der Waals surface area contributed by atoms with Gasteiger partial charge in [-0.2, -0.15) is 47.9 Å². The first kappa shape index (κ1) is 41.6. The fraction of sp³-hybridized carbons (Fsp3) is 0.250. The molecule has 0 spiro atoms. The number of benzene rings is 4. The minimum atomic E-state index is -7.57. The summed E-state index contributed by atoms with van der Waals surface area (Å²) in [6.07, 6.45) is -7.92. The Morgan fingerprint density at radius 2 is 1.36 bits per heavy atom. The zero-order chi connectivity index (χ0) is 40.7. The summed E-state index contributed by atoms with van der Waals surface area (Å²) in [5, 5.41) is -3.10. The Morgan fingerprint density at radius 1 is 0.800 bits per heavy atom. The molecular weight excluding hydrogens is 811 g/mol. The van der Waals surface area contributed by atoms with Crippen molar-refractivity contribution >= 4 is 72.6 Å². The molecular formula is C36H26ClF9N2O5S2. The highest BCUT2D eigenvalue weighted by atomic mass is 35.5. The van der Waals surface area contributed by atoms with Crippen LogP contribution in [0.3, 0.4) is 0 Å². The van der Waals surface area contributed by atoms with Gasteiger partial charge in [0.2, 0.25) is 5.78 Å². The largest absolute Gasteiger partial charge is 0.460 e. The molecule has 292 valence electrons. The van der Waals surface area contributed by atoms with Crippen LogP contribution in [0, 0.1) is 6.92 Å². The van der Waals surface area contributed by atoms with E-state index in [2.05, 4.69) is 9.44 Å². The second-order valence-corrected chi connectivity index (χ2v) is 15.1. The maximum absolute atomic E-state index is 14.4. The van der Waals surface area contributed by atoms with Gasteiger partial charge in [0.1, 0.15) is 5.71 Å². The Bertz CT molecular complexity index is 2430. The quantitative estimate of drug-likeness (QED) is 0.0364. The Labute approximate surface area is 316 Å². The van der Waals surface area contributed by atoms with Crippen molar-refractivity contribution in [1.29, 1.82) is 0 Å². The third-order valence-electron chi connectivity index (χ3n) is 8.45. The van der Waals surface area contributed by atoms with E-state index in [0.29, 0.717) is 49.4 Å². The lowest BCUT2D eigenvalue weighted by Crippen LogP contribution is -2.63. The van der Waals surface area contributed by atoms with Crippen LogP contribution in [0.15, 0.2) is 95.0 Å². The van der Waals surface area contributed by atoms with Crippen LogP contribution >= 0.6 is 23.4 Å². The summed E-state index contributed by atoms with van der Waals surface area (Å²) in [5.41, 5.74) is 1.40. The summed E-state index contributed by atoms with van der Waals surface area (Å²) < 4.78 is 152. The maximum atomic E-state index is 14.4. The number of thioether (sulfide) groups is 1. The third kappa shape index (κ3) is 7.67. The fourth-order valence-corrected chi connectivity index (χ4v) is 7.24. The van der Waals surface area contributed by atoms with Gasteiger partial charge < -0.3 is 4.57 Å². The van der Waals surface area contributed by atoms with Crippen LogP contribution in [-0.4, -0.2) is 59.3 Å². The van der Waals surface area contributed by atoms with Gasteiger partial charge in [-0.1, -0.05) is 41.0 Å². The van der Waals surface area contributed by atoms with Crippen LogP contribution in [0.5, 0.6) is 0 Å². The molecule has 0 unspecified atom stereocenters. The molecule has 0 radical (unpaired) electrons. The van der Waals surface area contributed by atoms with Crippen molar-refractivity contribution < 1.29 is 61.8 Å². The van der Waals surface area contributed by atoms with Crippen molar-refractivity contribution in [2.75, 3.05) is 5.75 Å². The highest BCUT2D eigenvalue weighted by molar-refractivity contribution is 7.99. The van der Waals surface area contributed by atoms with Crippen LogP contribution in [-0.2, 0) is 20.9 Å². The minimum absolute atomic E-state index is 0.171. The van der Waals surface area contributed by atoms with Crippen LogP contribution in [0.2, 0.25) is 5.02 Å². The highest BCUT2D eigenvalue weighted by Gasteiger charge is 2.86. The molecule has 5 aromatic rings. The van der Waals surface area contributed by atoms with E-state index in [1.54, 1.807) is 61.5 Å². The van der Waals surface area contributed by atoms with Crippen molar-refractivity contribution in [3.63, 3.8) is 0 Å². The number of aromatic nitrogens is 1. The predicted octanol–water partition coefficient (Wildman–Crippen LogP) is 10.5. The van der Waals surface area contributed by atoms with Crippen LogP contribution < -0.4 is 0 Å². The van der Waals surface area contributed by atoms with E-state index in [0.717, 1.165) is 17.3 Å². The molecule has 0 saturated heterocycles. The van der Waals surface area contributed by atoms with E-state index in [4.69, 9.17) is 11.6 Å². The maximum Gasteiger partial charge on any atom is 0.460 e. The molecule has 0 bridgehead atoms. The molecule has 0 atom stereocenters. The van der Waals surface area contributed by atoms with E-state index in [1.165, 1.54) is 30.3 Å². The van der Waals surface area contributed by atoms with E-state index in [9.17, 15) is 57.5 Å². The normalized spacial score (nSPS) is 13.4. The number of nitrogens with zero attached hydrogens (tertiary/aromatic N) is 2. The first-order valence-electron chi connectivity index (χ1n) is 15.9. The lowest BCUT2D eigenvalue weighted by atomic mass is 9.97. The van der Waals surface area contributed by atoms with E-state index >= 15 is 0 Å². The van der Waals surface area contributed by atoms with Crippen molar-refractivity contribution in [1.82, 2.24) is 4.57 Å². The summed E-state index contributed by atoms with van der Waals surface area (Å²) in [6, 6.07) is 22.0. The predicted molar refractivity (Wildman–Crippen MR) is 189 cm³/mol. The highest BCUT2D eigenvalue weighted by Crippen LogP contribution is 2.55. The monoisotopic (exact) mass is 836 g/mol. The average molecular weight is 837 g/mol. The molecule has 0 aliphatic rings. The second kappa shape index (κ2) is 15.2. The third-order valence-corrected chi connectivity index (χ3v) is 10.9. The Kier molecular flexibility index (Phi) is 11.5. The average Bonchev–Trinajstić information content (AvgIpc) is 3.44. The van der Waals surface area contributed by atoms with Crippen molar-refractivity contribution in [3.05, 3.63) is 112 Å². The molecule has 0 saturated carbocycles. The molecule has 0 fully saturated rings. The van der Waals surface area contributed by atoms with Gasteiger partial charge in [0.05, 0.1) is 0 Å². The number of carbonyl (C=O) groups excluding carboxylic acids is 2. The lowest BCUT2D eigenvalue weighted by Gasteiger charge is -2.31. The Balaban J connectivity index is 1.56. The number of fused-ring (bicyclic) bond motifs is 3. The number of ketones is 2. The molecule has 0 aliphatic carbocycles. The fourth-order valence-electron chi connectivity index (χ4n) is 5.53. The molecule has 0 aliphatic heterocycles. The number of hydrogen-bond donors (Lipinski definition) is 0. The molecule has 19 heteroatoms. The molecule has 55 heavy (non-hydrogen) atoms. The summed E-state index contributed by atoms with van der Waals surface area (Å²) in [5.74, 6) is -16.8. The molecule has 0 amide bonds. The molecule has 4 aromatic carbocycles. The van der Waals surface area contributed by atoms with E-state index in [1.807, 2.05) is 11.5 Å². The number of hydrogen-bond acceptors (Lipinski definition) is 7. The van der Waals surface area contributed by atoms with Gasteiger partial charge in [0.25, 0.3) is 0 Å². The lowest BCUT2D eigenvalue weighted by molar-refractivity contribution is -0.382. The van der Waals surface area contributed by atoms with Crippen LogP contribution in [0.25, 0.3) is 21.8 Å². The number of halogens is 10. The number of Topliss-reactive ketones (excluding diaryl/α,β-unsaturated/α-hetero) is 1. The van der Waals surface area contributed by atoms with Gasteiger partial charge in [-0.3, -0.25) is 13.9 Å². The molecule has 0 N–H and O–H groups in total. The van der Waals surface area contributed by atoms with Gasteiger partial charge >= 0.3 is 33.4 Å². The molecule has 1 heterocycles. The molecule has 5 rings (SSSR count). The van der Waals surface area contributed by atoms with Gasteiger partial charge in [-0.15, -0.1) is 11.8 Å². The van der Waals surface area contributed by atoms with Gasteiger partial charge in [-0.25, -0.2) is 0 Å². The number of oxime groups is 1. The number of carbonyl (C=O) groups is 2. The first-order chi connectivity index (χ1) is 25.6. The summed E-state index contributed by atoms with van der Waals surface area (Å²) in [4.78, 5) is 27.8. The number of aryl methyl sites for hydroxylation is 2. The van der Waals surface area contributed by atoms with Crippen molar-refractivity contribution in [2.45, 2.75) is 55.0 Å². The summed E-state index contributed by atoms with van der Waals surface area (Å²) >= 11 is 6.88. The number of alkyl halides is 9. The summed E-state index contributed by atoms with van der Waals surface area (Å²) in [6.45, 7) is 4.01. The standard InChI is InChI=1S/C36H26ClF9N2O5S2/c1-3-48-29-14-8-21(31(49)25-7-5-4-6-20(25)2)18-26(29)27-19-22(9-15-30(27)48)32(50)28(16-17-54-24-12-10-23(37)11-13-24)47-53-55(51,52)36(45,46)34(40,41)33(38,39)35(42,43)44/h4-15,18-19H,3,16-17H2,1-2H3/b47-28+. The van der Waals surface area contributed by atoms with Gasteiger partial charge in [0, 0.05) is 67.1 Å². The van der Waals surface area contributed by atoms with Crippen LogP contribution in [0.1, 0.15) is 45.2 Å². The Morgan fingerprint density at radius 3 is 1.93 bits per heavy atom. The zero-order valence-corrected chi connectivity index (χ0v) is 30.6. The summed E-state index contributed by atoms with van der Waals surface area (Å²) in [7, 11) is -7.42. The first-order valence-corrected chi connectivity index (χ1v) is 18.6. The smallest absolute Gasteiger partial charge is 0.341 e. The number of rotatable bonds is 14. The topological polar surface area (TPSA) is 94.8 Å². The second-order valence-electron chi connectivity index (χ2n) is 12.0. The van der Waals surface area contributed by atoms with E-state index in [-0.39, 0.29) is 17.1 Å². The van der Waals surface area contributed by atoms with Crippen LogP contribution in [0.4, 0.5) is 39.5 Å². The Hall–Kier alpha value is -4.55. The SMILES string of the molecule is CCn1c2ccc(C(=O)/C(CCSc3ccc(Cl)cc3)=N/OS(=O)(=O)C(F)(F)C(F)(F)C(F)(F)C(F)(F)F)cc2c2cc(C(=O)c3ccccc3C)ccc21. The van der Waals surface area contributed by atoms with Gasteiger partial charge in [0.15, 0.2) is 5.78 Å². The zero-order valence-electron chi connectivity index (χ0n) is 28.2. The van der Waals surface area contributed by atoms with Gasteiger partial charge in [-0.05, 0) is 80.1 Å². The van der Waals surface area contributed by atoms with Crippen molar-refractivity contribution in [3.8, 4) is 0 Å². The van der Waals surface area contributed by atoms with E-state index < -0.39 is 51.3 Å². The molecule has 1 aromatic heterocycles.